The summed E-state index contributed by atoms with van der Waals surface area (Å²) in [6.07, 6.45) is -0.346. The maximum absolute atomic E-state index is 12.2. The van der Waals surface area contributed by atoms with E-state index in [1.165, 1.54) is 18.4 Å². The molecule has 0 spiro atoms. The first-order chi connectivity index (χ1) is 10.7. The van der Waals surface area contributed by atoms with Crippen molar-refractivity contribution in [1.29, 1.82) is 0 Å². The number of aliphatic carboxylic acids is 1. The second-order valence-electron chi connectivity index (χ2n) is 5.11. The van der Waals surface area contributed by atoms with Crippen LogP contribution >= 0.6 is 24.0 Å². The number of nitrogens with two attached hydrogens (primary N) is 1. The summed E-state index contributed by atoms with van der Waals surface area (Å²) >= 11 is 5.66. The highest BCUT2D eigenvalue weighted by atomic mass is 32.1. The fourth-order valence-corrected chi connectivity index (χ4v) is 3.33. The molecule has 2 atom stereocenters. The van der Waals surface area contributed by atoms with E-state index in [0.29, 0.717) is 0 Å². The molecule has 0 aliphatic heterocycles. The third-order valence-electron chi connectivity index (χ3n) is 3.21. The molecule has 0 aliphatic carbocycles. The molecule has 0 unspecified atom stereocenters. The minimum absolute atomic E-state index is 0.0118. The summed E-state index contributed by atoms with van der Waals surface area (Å²) in [6.45, 7) is 1.93. The second-order valence-corrected chi connectivity index (χ2v) is 6.80. The zero-order valence-electron chi connectivity index (χ0n) is 12.9. The Hall–Kier alpha value is -1.58. The van der Waals surface area contributed by atoms with Gasteiger partial charge in [0.15, 0.2) is 5.54 Å². The van der Waals surface area contributed by atoms with Crippen molar-refractivity contribution >= 4 is 41.8 Å². The minimum Gasteiger partial charge on any atom is -0.481 e. The molecule has 23 heavy (non-hydrogen) atoms. The fraction of sp³-hybridized carbons (Fsp3) is 0.500. The monoisotopic (exact) mass is 360 g/mol. The molecule has 4 N–H and O–H groups in total. The van der Waals surface area contributed by atoms with Crippen LogP contribution in [0.15, 0.2) is 12.1 Å². The molecule has 1 aromatic rings. The molecule has 0 bridgehead atoms. The zero-order chi connectivity index (χ0) is 17.6. The van der Waals surface area contributed by atoms with E-state index in [4.69, 9.17) is 15.6 Å². The van der Waals surface area contributed by atoms with Crippen molar-refractivity contribution in [2.24, 2.45) is 5.73 Å². The van der Waals surface area contributed by atoms with Crippen LogP contribution in [-0.4, -0.2) is 47.4 Å². The largest absolute Gasteiger partial charge is 0.481 e. The van der Waals surface area contributed by atoms with Gasteiger partial charge in [0.1, 0.15) is 0 Å². The van der Waals surface area contributed by atoms with Gasteiger partial charge in [-0.1, -0.05) is 0 Å². The number of hydrogen-bond donors (Lipinski definition) is 4. The number of carbonyl (C=O) groups excluding carboxylic acids is 2. The van der Waals surface area contributed by atoms with Gasteiger partial charge in [0.2, 0.25) is 5.91 Å². The first-order valence-corrected chi connectivity index (χ1v) is 8.23. The summed E-state index contributed by atoms with van der Waals surface area (Å²) in [4.78, 5) is 36.9. The Morgan fingerprint density at radius 3 is 2.57 bits per heavy atom. The molecule has 1 heterocycles. The first kappa shape index (κ1) is 19.5. The van der Waals surface area contributed by atoms with Crippen molar-refractivity contribution in [2.45, 2.75) is 31.3 Å². The van der Waals surface area contributed by atoms with Crippen LogP contribution in [0.2, 0.25) is 0 Å². The second kappa shape index (κ2) is 8.32. The summed E-state index contributed by atoms with van der Waals surface area (Å²) < 4.78 is 4.79. The van der Waals surface area contributed by atoms with Crippen LogP contribution in [0, 0.1) is 6.92 Å². The lowest BCUT2D eigenvalue weighted by Crippen LogP contribution is -2.61. The van der Waals surface area contributed by atoms with Gasteiger partial charge in [-0.05, 0) is 19.1 Å². The van der Waals surface area contributed by atoms with Gasteiger partial charge in [-0.25, -0.2) is 4.79 Å². The summed E-state index contributed by atoms with van der Waals surface area (Å²) in [6, 6.07) is 2.49. The lowest BCUT2D eigenvalue weighted by Gasteiger charge is -2.31. The maximum atomic E-state index is 12.2. The van der Waals surface area contributed by atoms with Crippen LogP contribution in [0.25, 0.3) is 0 Å². The third-order valence-corrected chi connectivity index (χ3v) is 4.75. The van der Waals surface area contributed by atoms with Gasteiger partial charge < -0.3 is 20.9 Å². The number of amides is 1. The van der Waals surface area contributed by atoms with Crippen molar-refractivity contribution in [3.8, 4) is 0 Å². The SMILES string of the molecule is COC(=O)[C@@](CS)(Cc1ccc(C)s1)NC(=O)[C@@H](N)CC(=O)O. The standard InChI is InChI=1S/C14H20N2O5S2/c1-8-3-4-9(23-8)6-14(7-22,13(20)21-2)16-12(19)10(15)5-11(17)18/h3-4,10,22H,5-7,15H2,1-2H3,(H,16,19)(H,17,18)/t10-,14-/m0/s1. The Morgan fingerprint density at radius 2 is 2.13 bits per heavy atom. The zero-order valence-corrected chi connectivity index (χ0v) is 14.6. The van der Waals surface area contributed by atoms with Crippen molar-refractivity contribution < 1.29 is 24.2 Å². The van der Waals surface area contributed by atoms with Crippen LogP contribution < -0.4 is 11.1 Å². The molecule has 1 aromatic heterocycles. The number of nitrogens with one attached hydrogen (secondary N) is 1. The number of carbonyl (C=O) groups is 3. The van der Waals surface area contributed by atoms with Gasteiger partial charge in [-0.15, -0.1) is 11.3 Å². The van der Waals surface area contributed by atoms with Gasteiger partial charge in [0, 0.05) is 21.9 Å². The highest BCUT2D eigenvalue weighted by Crippen LogP contribution is 2.23. The molecule has 0 saturated carbocycles. The number of ether oxygens (including phenoxy) is 1. The number of carboxylic acid groups (broad SMARTS) is 1. The molecule has 0 aromatic carbocycles. The summed E-state index contributed by atoms with van der Waals surface area (Å²) in [5, 5.41) is 11.2. The molecule has 0 saturated heterocycles. The number of hydrogen-bond acceptors (Lipinski definition) is 7. The third kappa shape index (κ3) is 5.22. The molecule has 0 aliphatic rings. The number of methoxy groups -OCH3 is 1. The van der Waals surface area contributed by atoms with Gasteiger partial charge in [-0.2, -0.15) is 12.6 Å². The summed E-state index contributed by atoms with van der Waals surface area (Å²) in [5.74, 6) is -2.60. The normalized spacial score (nSPS) is 14.6. The maximum Gasteiger partial charge on any atom is 0.332 e. The van der Waals surface area contributed by atoms with E-state index >= 15 is 0 Å². The number of esters is 1. The highest BCUT2D eigenvalue weighted by Gasteiger charge is 2.41. The Kier molecular flexibility index (Phi) is 7.04. The smallest absolute Gasteiger partial charge is 0.332 e. The Bertz CT molecular complexity index is 589. The van der Waals surface area contributed by atoms with Gasteiger partial charge in [-0.3, -0.25) is 9.59 Å². The molecule has 7 nitrogen and oxygen atoms in total. The molecule has 9 heteroatoms. The van der Waals surface area contributed by atoms with Crippen LogP contribution in [0.3, 0.4) is 0 Å². The van der Waals surface area contributed by atoms with Crippen LogP contribution in [0.1, 0.15) is 16.2 Å². The Balaban J connectivity index is 3.01. The van der Waals surface area contributed by atoms with Crippen molar-refractivity contribution in [2.75, 3.05) is 12.9 Å². The van der Waals surface area contributed by atoms with Gasteiger partial charge in [0.25, 0.3) is 0 Å². The highest BCUT2D eigenvalue weighted by molar-refractivity contribution is 7.80. The molecule has 1 amide bonds. The van der Waals surface area contributed by atoms with E-state index in [1.807, 2.05) is 19.1 Å². The van der Waals surface area contributed by atoms with E-state index in [-0.39, 0.29) is 12.2 Å². The quantitative estimate of drug-likeness (QED) is 0.393. The number of aryl methyl sites for hydroxylation is 1. The molecular weight excluding hydrogens is 340 g/mol. The average Bonchev–Trinajstić information content (AvgIpc) is 2.89. The number of rotatable bonds is 8. The minimum atomic E-state index is -1.40. The van der Waals surface area contributed by atoms with Gasteiger partial charge >= 0.3 is 11.9 Å². The van der Waals surface area contributed by atoms with Gasteiger partial charge in [0.05, 0.1) is 19.6 Å². The lowest BCUT2D eigenvalue weighted by molar-refractivity contribution is -0.150. The molecule has 128 valence electrons. The van der Waals surface area contributed by atoms with Crippen LogP contribution in [-0.2, 0) is 25.5 Å². The topological polar surface area (TPSA) is 119 Å². The predicted octanol–water partition coefficient (Wildman–Crippen LogP) is 0.359. The predicted molar refractivity (Wildman–Crippen MR) is 89.7 cm³/mol. The lowest BCUT2D eigenvalue weighted by atomic mass is 9.95. The van der Waals surface area contributed by atoms with Crippen LogP contribution in [0.5, 0.6) is 0 Å². The van der Waals surface area contributed by atoms with Crippen molar-refractivity contribution in [1.82, 2.24) is 5.32 Å². The summed E-state index contributed by atoms with van der Waals surface area (Å²) in [5.41, 5.74) is 4.15. The van der Waals surface area contributed by atoms with E-state index in [2.05, 4.69) is 17.9 Å². The first-order valence-electron chi connectivity index (χ1n) is 6.78. The average molecular weight is 360 g/mol. The van der Waals surface area contributed by atoms with E-state index in [1.54, 1.807) is 0 Å². The van der Waals surface area contributed by atoms with E-state index in [0.717, 1.165) is 9.75 Å². The molecule has 0 fully saturated rings. The molecule has 0 radical (unpaired) electrons. The molecular formula is C14H20N2O5S2. The fourth-order valence-electron chi connectivity index (χ4n) is 2.01. The number of thiol groups is 1. The van der Waals surface area contributed by atoms with E-state index in [9.17, 15) is 14.4 Å². The van der Waals surface area contributed by atoms with Crippen molar-refractivity contribution in [3.63, 3.8) is 0 Å². The number of thiophene rings is 1. The Morgan fingerprint density at radius 1 is 1.48 bits per heavy atom. The number of carboxylic acids is 1. The van der Waals surface area contributed by atoms with Crippen LogP contribution in [0.4, 0.5) is 0 Å². The molecule has 1 rings (SSSR count). The van der Waals surface area contributed by atoms with E-state index < -0.39 is 35.8 Å². The van der Waals surface area contributed by atoms with Crippen molar-refractivity contribution in [3.05, 3.63) is 21.9 Å². The Labute approximate surface area is 143 Å². The summed E-state index contributed by atoms with van der Waals surface area (Å²) in [7, 11) is 1.21.